The number of hydrogen-bond donors (Lipinski definition) is 0. The SMILES string of the molecule is COC(=O)[C@H]1CCCN(Cc2ccc(OC)c(F)c2)C1. The van der Waals surface area contributed by atoms with E-state index in [0.717, 1.165) is 24.9 Å². The Labute approximate surface area is 118 Å². The first kappa shape index (κ1) is 14.8. The summed E-state index contributed by atoms with van der Waals surface area (Å²) in [6, 6.07) is 4.97. The molecule has 0 aromatic heterocycles. The highest BCUT2D eigenvalue weighted by Gasteiger charge is 2.26. The quantitative estimate of drug-likeness (QED) is 0.793. The van der Waals surface area contributed by atoms with Crippen molar-refractivity contribution in [1.82, 2.24) is 4.90 Å². The van der Waals surface area contributed by atoms with Crippen LogP contribution >= 0.6 is 0 Å². The molecule has 20 heavy (non-hydrogen) atoms. The maximum Gasteiger partial charge on any atom is 0.309 e. The van der Waals surface area contributed by atoms with E-state index in [-0.39, 0.29) is 23.5 Å². The Morgan fingerprint density at radius 3 is 2.90 bits per heavy atom. The second-order valence-corrected chi connectivity index (χ2v) is 5.07. The normalized spacial score (nSPS) is 19.6. The number of esters is 1. The molecule has 1 aromatic carbocycles. The molecule has 0 spiro atoms. The molecule has 0 N–H and O–H groups in total. The van der Waals surface area contributed by atoms with Crippen LogP contribution in [0.3, 0.4) is 0 Å². The van der Waals surface area contributed by atoms with Crippen molar-refractivity contribution in [1.29, 1.82) is 0 Å². The molecule has 1 heterocycles. The maximum absolute atomic E-state index is 13.6. The first-order valence-electron chi connectivity index (χ1n) is 6.76. The van der Waals surface area contributed by atoms with E-state index < -0.39 is 0 Å². The molecule has 1 aliphatic rings. The number of nitrogens with zero attached hydrogens (tertiary/aromatic N) is 1. The molecule has 5 heteroatoms. The van der Waals surface area contributed by atoms with Crippen LogP contribution in [0.15, 0.2) is 18.2 Å². The van der Waals surface area contributed by atoms with Crippen LogP contribution in [-0.2, 0) is 16.1 Å². The second-order valence-electron chi connectivity index (χ2n) is 5.07. The standard InChI is InChI=1S/C15H20FNO3/c1-19-14-6-5-11(8-13(14)16)9-17-7-3-4-12(10-17)15(18)20-2/h5-6,8,12H,3-4,7,9-10H2,1-2H3/t12-/m0/s1. The zero-order valence-electron chi connectivity index (χ0n) is 11.9. The highest BCUT2D eigenvalue weighted by atomic mass is 19.1. The summed E-state index contributed by atoms with van der Waals surface area (Å²) < 4.78 is 23.3. The minimum absolute atomic E-state index is 0.0724. The Bertz CT molecular complexity index is 478. The van der Waals surface area contributed by atoms with Crippen LogP contribution in [0.5, 0.6) is 5.75 Å². The van der Waals surface area contributed by atoms with E-state index in [1.807, 2.05) is 6.07 Å². The first-order valence-corrected chi connectivity index (χ1v) is 6.76. The summed E-state index contributed by atoms with van der Waals surface area (Å²) in [6.07, 6.45) is 1.82. The lowest BCUT2D eigenvalue weighted by atomic mass is 9.98. The van der Waals surface area contributed by atoms with Gasteiger partial charge in [0.2, 0.25) is 0 Å². The molecule has 0 amide bonds. The Morgan fingerprint density at radius 1 is 1.45 bits per heavy atom. The maximum atomic E-state index is 13.6. The van der Waals surface area contributed by atoms with Crippen LogP contribution in [0.4, 0.5) is 4.39 Å². The third-order valence-corrected chi connectivity index (χ3v) is 3.66. The fourth-order valence-corrected chi connectivity index (χ4v) is 2.62. The van der Waals surface area contributed by atoms with Crippen LogP contribution < -0.4 is 4.74 Å². The molecule has 0 unspecified atom stereocenters. The minimum atomic E-state index is -0.355. The molecule has 1 saturated heterocycles. The van der Waals surface area contributed by atoms with Crippen LogP contribution in [0.2, 0.25) is 0 Å². The number of rotatable bonds is 4. The van der Waals surface area contributed by atoms with Gasteiger partial charge >= 0.3 is 5.97 Å². The predicted octanol–water partition coefficient (Wildman–Crippen LogP) is 2.22. The number of hydrogen-bond acceptors (Lipinski definition) is 4. The van der Waals surface area contributed by atoms with E-state index >= 15 is 0 Å². The summed E-state index contributed by atoms with van der Waals surface area (Å²) in [6.45, 7) is 2.22. The van der Waals surface area contributed by atoms with Gasteiger partial charge in [0.25, 0.3) is 0 Å². The molecule has 1 aromatic rings. The zero-order valence-corrected chi connectivity index (χ0v) is 11.9. The van der Waals surface area contributed by atoms with Crippen molar-refractivity contribution >= 4 is 5.97 Å². The summed E-state index contributed by atoms with van der Waals surface area (Å²) in [4.78, 5) is 13.7. The molecule has 0 aliphatic carbocycles. The Hall–Kier alpha value is -1.62. The van der Waals surface area contributed by atoms with Crippen LogP contribution in [0.1, 0.15) is 18.4 Å². The topological polar surface area (TPSA) is 38.8 Å². The number of carbonyl (C=O) groups is 1. The van der Waals surface area contributed by atoms with E-state index in [2.05, 4.69) is 4.90 Å². The van der Waals surface area contributed by atoms with Gasteiger partial charge in [0.1, 0.15) is 0 Å². The van der Waals surface area contributed by atoms with Crippen molar-refractivity contribution in [2.75, 3.05) is 27.3 Å². The highest BCUT2D eigenvalue weighted by Crippen LogP contribution is 2.22. The number of piperidine rings is 1. The second kappa shape index (κ2) is 6.70. The molecular weight excluding hydrogens is 261 g/mol. The van der Waals surface area contributed by atoms with Crippen molar-refractivity contribution in [3.05, 3.63) is 29.6 Å². The Morgan fingerprint density at radius 2 is 2.25 bits per heavy atom. The smallest absolute Gasteiger partial charge is 0.309 e. The molecule has 0 bridgehead atoms. The lowest BCUT2D eigenvalue weighted by Crippen LogP contribution is -2.38. The van der Waals surface area contributed by atoms with Gasteiger partial charge < -0.3 is 9.47 Å². The molecule has 1 fully saturated rings. The lowest BCUT2D eigenvalue weighted by Gasteiger charge is -2.31. The fraction of sp³-hybridized carbons (Fsp3) is 0.533. The molecule has 0 saturated carbocycles. The van der Waals surface area contributed by atoms with Gasteiger partial charge in [-0.1, -0.05) is 6.07 Å². The fourth-order valence-electron chi connectivity index (χ4n) is 2.62. The Balaban J connectivity index is 1.99. The summed E-state index contributed by atoms with van der Waals surface area (Å²) >= 11 is 0. The van der Waals surface area contributed by atoms with Crippen LogP contribution in [0.25, 0.3) is 0 Å². The number of carbonyl (C=O) groups excluding carboxylic acids is 1. The van der Waals surface area contributed by atoms with Gasteiger partial charge in [-0.25, -0.2) is 4.39 Å². The van der Waals surface area contributed by atoms with Crippen molar-refractivity contribution in [2.45, 2.75) is 19.4 Å². The molecule has 4 nitrogen and oxygen atoms in total. The van der Waals surface area contributed by atoms with Crippen molar-refractivity contribution in [3.8, 4) is 5.75 Å². The van der Waals surface area contributed by atoms with Gasteiger partial charge in [0.15, 0.2) is 11.6 Å². The molecule has 0 radical (unpaired) electrons. The van der Waals surface area contributed by atoms with Gasteiger partial charge in [0, 0.05) is 13.1 Å². The van der Waals surface area contributed by atoms with E-state index in [9.17, 15) is 9.18 Å². The highest BCUT2D eigenvalue weighted by molar-refractivity contribution is 5.72. The number of benzene rings is 1. The average molecular weight is 281 g/mol. The zero-order chi connectivity index (χ0) is 14.5. The van der Waals surface area contributed by atoms with Crippen molar-refractivity contribution in [3.63, 3.8) is 0 Å². The van der Waals surface area contributed by atoms with E-state index in [1.54, 1.807) is 6.07 Å². The average Bonchev–Trinajstić information content (AvgIpc) is 2.47. The monoisotopic (exact) mass is 281 g/mol. The molecule has 1 atom stereocenters. The van der Waals surface area contributed by atoms with Crippen LogP contribution in [0, 0.1) is 11.7 Å². The number of ether oxygens (including phenoxy) is 2. The molecule has 2 rings (SSSR count). The Kier molecular flexibility index (Phi) is 4.95. The van der Waals surface area contributed by atoms with Gasteiger partial charge in [-0.05, 0) is 37.1 Å². The van der Waals surface area contributed by atoms with Crippen LogP contribution in [-0.4, -0.2) is 38.2 Å². The van der Waals surface area contributed by atoms with E-state index in [1.165, 1.54) is 20.3 Å². The number of likely N-dealkylation sites (tertiary alicyclic amines) is 1. The summed E-state index contributed by atoms with van der Waals surface area (Å²) in [5, 5.41) is 0. The third-order valence-electron chi connectivity index (χ3n) is 3.66. The van der Waals surface area contributed by atoms with E-state index in [4.69, 9.17) is 9.47 Å². The third kappa shape index (κ3) is 3.48. The largest absolute Gasteiger partial charge is 0.494 e. The summed E-state index contributed by atoms with van der Waals surface area (Å²) in [5.41, 5.74) is 0.883. The van der Waals surface area contributed by atoms with Gasteiger partial charge in [0.05, 0.1) is 20.1 Å². The van der Waals surface area contributed by atoms with Crippen molar-refractivity contribution in [2.24, 2.45) is 5.92 Å². The molecule has 110 valence electrons. The number of halogens is 1. The molecule has 1 aliphatic heterocycles. The van der Waals surface area contributed by atoms with Crippen molar-refractivity contribution < 1.29 is 18.7 Å². The van der Waals surface area contributed by atoms with Gasteiger partial charge in [-0.2, -0.15) is 0 Å². The van der Waals surface area contributed by atoms with E-state index in [0.29, 0.717) is 13.1 Å². The summed E-state index contributed by atoms with van der Waals surface area (Å²) in [5.74, 6) is -0.334. The summed E-state index contributed by atoms with van der Waals surface area (Å²) in [7, 11) is 2.86. The van der Waals surface area contributed by atoms with Gasteiger partial charge in [-0.3, -0.25) is 9.69 Å². The lowest BCUT2D eigenvalue weighted by molar-refractivity contribution is -0.147. The first-order chi connectivity index (χ1) is 9.63. The minimum Gasteiger partial charge on any atom is -0.494 e. The number of methoxy groups -OCH3 is 2. The molecular formula is C15H20FNO3. The van der Waals surface area contributed by atoms with Gasteiger partial charge in [-0.15, -0.1) is 0 Å². The predicted molar refractivity (Wildman–Crippen MR) is 73.0 cm³/mol.